The van der Waals surface area contributed by atoms with E-state index in [-0.39, 0.29) is 5.60 Å². The van der Waals surface area contributed by atoms with Crippen LogP contribution < -0.4 is 0 Å². The van der Waals surface area contributed by atoms with Crippen LogP contribution in [0, 0.1) is 0 Å². The summed E-state index contributed by atoms with van der Waals surface area (Å²) in [6.07, 6.45) is 9.33. The summed E-state index contributed by atoms with van der Waals surface area (Å²) in [5.41, 5.74) is 2.32. The molecule has 1 aliphatic carbocycles. The maximum atomic E-state index is 5.81. The van der Waals surface area contributed by atoms with E-state index in [1.807, 2.05) is 6.08 Å². The molecule has 1 aliphatic rings. The van der Waals surface area contributed by atoms with Crippen LogP contribution in [-0.4, -0.2) is 19.5 Å². The molecule has 1 unspecified atom stereocenters. The molecule has 0 spiro atoms. The third-order valence-electron chi connectivity index (χ3n) is 3.00. The van der Waals surface area contributed by atoms with Gasteiger partial charge in [-0.2, -0.15) is 0 Å². The second kappa shape index (κ2) is 6.02. The molecule has 2 nitrogen and oxygen atoms in total. The Hall–Kier alpha value is -0.860. The van der Waals surface area contributed by atoms with E-state index in [1.54, 1.807) is 7.11 Å². The van der Waals surface area contributed by atoms with Crippen molar-refractivity contribution in [3.63, 3.8) is 0 Å². The molecular formula is C14H22O2. The molecule has 0 aromatic carbocycles. The molecule has 0 heterocycles. The van der Waals surface area contributed by atoms with Crippen LogP contribution in [-0.2, 0) is 9.47 Å². The zero-order valence-electron chi connectivity index (χ0n) is 10.6. The van der Waals surface area contributed by atoms with Crippen LogP contribution in [0.25, 0.3) is 0 Å². The van der Waals surface area contributed by atoms with Crippen LogP contribution in [0.15, 0.2) is 36.0 Å². The Balaban J connectivity index is 2.83. The van der Waals surface area contributed by atoms with Gasteiger partial charge < -0.3 is 9.47 Å². The highest BCUT2D eigenvalue weighted by Gasteiger charge is 2.30. The SMILES string of the molecule is C=CC1=CCC(C)(OCOC)C(CCC)=C1. The topological polar surface area (TPSA) is 18.5 Å². The van der Waals surface area contributed by atoms with E-state index in [0.717, 1.165) is 19.3 Å². The first-order valence-electron chi connectivity index (χ1n) is 5.83. The van der Waals surface area contributed by atoms with Crippen molar-refractivity contribution in [1.29, 1.82) is 0 Å². The lowest BCUT2D eigenvalue weighted by Crippen LogP contribution is -2.33. The smallest absolute Gasteiger partial charge is 0.147 e. The molecule has 0 N–H and O–H groups in total. The number of methoxy groups -OCH3 is 1. The van der Waals surface area contributed by atoms with Crippen LogP contribution >= 0.6 is 0 Å². The maximum absolute atomic E-state index is 5.81. The van der Waals surface area contributed by atoms with Gasteiger partial charge in [0.1, 0.15) is 6.79 Å². The lowest BCUT2D eigenvalue weighted by Gasteiger charge is -2.34. The molecule has 1 atom stereocenters. The van der Waals surface area contributed by atoms with Crippen LogP contribution in [0.3, 0.4) is 0 Å². The first-order valence-corrected chi connectivity index (χ1v) is 5.83. The van der Waals surface area contributed by atoms with E-state index in [0.29, 0.717) is 6.79 Å². The summed E-state index contributed by atoms with van der Waals surface area (Å²) >= 11 is 0. The number of ether oxygens (including phenoxy) is 2. The lowest BCUT2D eigenvalue weighted by molar-refractivity contribution is -0.105. The molecule has 0 aromatic rings. The van der Waals surface area contributed by atoms with Gasteiger partial charge in [0.2, 0.25) is 0 Å². The lowest BCUT2D eigenvalue weighted by atomic mass is 9.83. The normalized spacial score (nSPS) is 24.9. The summed E-state index contributed by atoms with van der Waals surface area (Å²) in [5, 5.41) is 0. The van der Waals surface area contributed by atoms with Crippen molar-refractivity contribution in [3.8, 4) is 0 Å². The Bertz CT molecular complexity index is 302. The van der Waals surface area contributed by atoms with E-state index in [4.69, 9.17) is 9.47 Å². The predicted molar refractivity (Wildman–Crippen MR) is 67.3 cm³/mol. The molecule has 16 heavy (non-hydrogen) atoms. The Labute approximate surface area is 98.6 Å². The van der Waals surface area contributed by atoms with Crippen molar-refractivity contribution in [3.05, 3.63) is 36.0 Å². The maximum Gasteiger partial charge on any atom is 0.147 e. The molecule has 90 valence electrons. The van der Waals surface area contributed by atoms with Gasteiger partial charge in [-0.1, -0.05) is 38.2 Å². The van der Waals surface area contributed by atoms with Gasteiger partial charge >= 0.3 is 0 Å². The van der Waals surface area contributed by atoms with E-state index >= 15 is 0 Å². The fourth-order valence-electron chi connectivity index (χ4n) is 1.95. The monoisotopic (exact) mass is 222 g/mol. The predicted octanol–water partition coefficient (Wildman–Crippen LogP) is 3.61. The Morgan fingerprint density at radius 3 is 2.88 bits per heavy atom. The van der Waals surface area contributed by atoms with Crippen LogP contribution in [0.4, 0.5) is 0 Å². The summed E-state index contributed by atoms with van der Waals surface area (Å²) in [7, 11) is 1.65. The minimum atomic E-state index is -0.210. The molecule has 0 radical (unpaired) electrons. The van der Waals surface area contributed by atoms with Gasteiger partial charge in [-0.15, -0.1) is 0 Å². The van der Waals surface area contributed by atoms with Gasteiger partial charge in [0.05, 0.1) is 5.60 Å². The van der Waals surface area contributed by atoms with Gasteiger partial charge in [0.15, 0.2) is 0 Å². The Morgan fingerprint density at radius 2 is 2.31 bits per heavy atom. The third-order valence-corrected chi connectivity index (χ3v) is 3.00. The molecule has 1 rings (SSSR count). The van der Waals surface area contributed by atoms with Crippen molar-refractivity contribution in [2.45, 2.75) is 38.7 Å². The van der Waals surface area contributed by atoms with Gasteiger partial charge in [-0.25, -0.2) is 0 Å². The average molecular weight is 222 g/mol. The van der Waals surface area contributed by atoms with E-state index < -0.39 is 0 Å². The fourth-order valence-corrected chi connectivity index (χ4v) is 1.95. The Morgan fingerprint density at radius 1 is 1.56 bits per heavy atom. The minimum absolute atomic E-state index is 0.210. The summed E-state index contributed by atoms with van der Waals surface area (Å²) in [6.45, 7) is 8.47. The molecule has 0 aliphatic heterocycles. The van der Waals surface area contributed by atoms with E-state index in [1.165, 1.54) is 11.1 Å². The van der Waals surface area contributed by atoms with Gasteiger partial charge in [-0.3, -0.25) is 0 Å². The number of allylic oxidation sites excluding steroid dienone is 3. The number of hydrogen-bond donors (Lipinski definition) is 0. The Kier molecular flexibility index (Phi) is 4.97. The van der Waals surface area contributed by atoms with Crippen LogP contribution in [0.1, 0.15) is 33.1 Å². The number of rotatable bonds is 6. The molecule has 0 fully saturated rings. The highest BCUT2D eigenvalue weighted by Crippen LogP contribution is 2.34. The third kappa shape index (κ3) is 3.06. The number of hydrogen-bond acceptors (Lipinski definition) is 2. The highest BCUT2D eigenvalue weighted by atomic mass is 16.7. The van der Waals surface area contributed by atoms with Crippen molar-refractivity contribution in [2.75, 3.05) is 13.9 Å². The van der Waals surface area contributed by atoms with Crippen molar-refractivity contribution < 1.29 is 9.47 Å². The minimum Gasteiger partial charge on any atom is -0.359 e. The largest absolute Gasteiger partial charge is 0.359 e. The van der Waals surface area contributed by atoms with Gasteiger partial charge in [0, 0.05) is 7.11 Å². The highest BCUT2D eigenvalue weighted by molar-refractivity contribution is 5.40. The molecule has 0 saturated carbocycles. The summed E-state index contributed by atoms with van der Waals surface area (Å²) < 4.78 is 10.8. The van der Waals surface area contributed by atoms with Crippen molar-refractivity contribution >= 4 is 0 Å². The van der Waals surface area contributed by atoms with Gasteiger partial charge in [0.25, 0.3) is 0 Å². The average Bonchev–Trinajstić information content (AvgIpc) is 2.30. The molecule has 0 bridgehead atoms. The first-order chi connectivity index (χ1) is 7.66. The van der Waals surface area contributed by atoms with Crippen molar-refractivity contribution in [2.24, 2.45) is 0 Å². The molecular weight excluding hydrogens is 200 g/mol. The summed E-state index contributed by atoms with van der Waals surface area (Å²) in [6, 6.07) is 0. The second-order valence-corrected chi connectivity index (χ2v) is 4.31. The van der Waals surface area contributed by atoms with E-state index in [2.05, 4.69) is 32.6 Å². The van der Waals surface area contributed by atoms with E-state index in [9.17, 15) is 0 Å². The molecule has 0 amide bonds. The molecule has 0 saturated heterocycles. The zero-order chi connectivity index (χ0) is 12.0. The fraction of sp³-hybridized carbons (Fsp3) is 0.571. The summed E-state index contributed by atoms with van der Waals surface area (Å²) in [4.78, 5) is 0. The van der Waals surface area contributed by atoms with Gasteiger partial charge in [-0.05, 0) is 30.9 Å². The quantitative estimate of drug-likeness (QED) is 0.639. The summed E-state index contributed by atoms with van der Waals surface area (Å²) in [5.74, 6) is 0. The van der Waals surface area contributed by atoms with Crippen molar-refractivity contribution in [1.82, 2.24) is 0 Å². The standard InChI is InChI=1S/C14H22O2/c1-5-7-13-10-12(6-2)8-9-14(13,3)16-11-15-4/h6,8,10H,2,5,7,9,11H2,1,3-4H3. The second-order valence-electron chi connectivity index (χ2n) is 4.31. The zero-order valence-corrected chi connectivity index (χ0v) is 10.6. The molecule has 2 heteroatoms. The van der Waals surface area contributed by atoms with Crippen LogP contribution in [0.5, 0.6) is 0 Å². The van der Waals surface area contributed by atoms with Crippen LogP contribution in [0.2, 0.25) is 0 Å². The molecule has 0 aromatic heterocycles. The first kappa shape index (κ1) is 13.2.